The highest BCUT2D eigenvalue weighted by molar-refractivity contribution is 5.09. The first kappa shape index (κ1) is 115. The third-order valence-corrected chi connectivity index (χ3v) is 27.1. The maximum Gasteiger partial charge on any atom is 0.187 e. The average Bonchev–Trinajstić information content (AvgIpc) is 0.769. The summed E-state index contributed by atoms with van der Waals surface area (Å²) >= 11 is 0. The van der Waals surface area contributed by atoms with E-state index in [-0.39, 0.29) is 52.1 Å². The van der Waals surface area contributed by atoms with Crippen molar-refractivity contribution in [3.63, 3.8) is 0 Å². The van der Waals surface area contributed by atoms with E-state index in [1.807, 2.05) is 0 Å². The summed E-state index contributed by atoms with van der Waals surface area (Å²) in [5.41, 5.74) is 55.5. The number of aliphatic hydroxyl groups is 26. The molecule has 8 heterocycles. The molecular formula is C78H154N14O42. The molecule has 0 radical (unpaired) electrons. The molecule has 0 aromatic heterocycles. The van der Waals surface area contributed by atoms with Crippen molar-refractivity contribution in [2.75, 3.05) is 67.8 Å². The van der Waals surface area contributed by atoms with Crippen molar-refractivity contribution < 1.29 is 209 Å². The Kier molecular flexibility index (Phi) is 41.5. The van der Waals surface area contributed by atoms with Crippen LogP contribution in [0.4, 0.5) is 0 Å². The molecule has 58 unspecified atom stereocenters. The summed E-state index contributed by atoms with van der Waals surface area (Å²) in [5.74, 6) is 0. The molecule has 788 valence electrons. The van der Waals surface area contributed by atoms with Crippen molar-refractivity contribution in [1.29, 1.82) is 0 Å². The van der Waals surface area contributed by atoms with Gasteiger partial charge in [-0.2, -0.15) is 0 Å². The molecular weight excluding hydrogens is 1800 g/mol. The number of hydrogen-bond donors (Lipinski definition) is 40. The van der Waals surface area contributed by atoms with Crippen LogP contribution in [0.25, 0.3) is 0 Å². The van der Waals surface area contributed by atoms with E-state index in [1.54, 1.807) is 35.1 Å². The van der Waals surface area contributed by atoms with Gasteiger partial charge in [0.1, 0.15) is 212 Å². The van der Waals surface area contributed by atoms with Crippen LogP contribution in [0.2, 0.25) is 0 Å². The minimum absolute atomic E-state index is 0.121. The van der Waals surface area contributed by atoms with Crippen molar-refractivity contribution in [3.05, 3.63) is 0 Å². The monoisotopic (exact) mass is 1960 g/mol. The van der Waals surface area contributed by atoms with Gasteiger partial charge in [-0.05, 0) is 95.4 Å². The normalized spacial score (nSPS) is 53.6. The van der Waals surface area contributed by atoms with Crippen molar-refractivity contribution in [3.8, 4) is 0 Å². The zero-order valence-corrected chi connectivity index (χ0v) is 76.2. The molecule has 58 atom stereocenters. The van der Waals surface area contributed by atoms with Crippen molar-refractivity contribution in [2.45, 2.75) is 420 Å². The van der Waals surface area contributed by atoms with E-state index in [1.165, 1.54) is 34.6 Å². The highest BCUT2D eigenvalue weighted by atomic mass is 16.8. The molecule has 56 heteroatoms. The van der Waals surface area contributed by atoms with Gasteiger partial charge in [0.25, 0.3) is 0 Å². The molecule has 4 saturated carbocycles. The molecule has 12 rings (SSSR count). The van der Waals surface area contributed by atoms with Gasteiger partial charge in [-0.3, -0.25) is 0 Å². The van der Waals surface area contributed by atoms with E-state index in [4.69, 9.17) is 133 Å². The summed E-state index contributed by atoms with van der Waals surface area (Å²) < 4.78 is 90.0. The number of likely N-dealkylation sites (N-methyl/N-ethyl adjacent to an activating group) is 4. The standard InChI is InChI=1S/C20H40N4O10.C20H39N3O11.C19H38N4O10.C19H37N3O11/c1-6(21)14-10(26)9(25)11(27)19(32-14)34-16-8(23)4-7(22)15(12(16)28)33-18-13(29)17(24-3)20(2,30)5-31-18;1-6(24)14-10(26)9(25)11(27)19(32-14)34-16-8(22)4-7(21)15(12(16)28)33-18-13(29)17(23-3)20(2,30)5-31-18;1-19(29)5-30-18(13(28)16(19)23-2)33-15-7(21)3-6(20)14(12(15)27)32-17-9(22)11(26)10(25)8(4-24)31-17;1-19(29)5-30-17(13(28)16(19)22-2)32-14-6(20)3-7(21)15(12(14)27)33-18-11(26)10(25)9(24)8(4-23)31-18/h6-19,24-30H,4-5,21-23H2,1-3H3;6-19,23-30H,4-5,21-22H2,1-3H3;6-18,23-29H,3-5,20-22H2,1-2H3;6-18,22-29H,3-5,20-21H2,1-2H3. The topological polar surface area (TPSA) is 982 Å². The lowest BCUT2D eigenvalue weighted by Gasteiger charge is -2.49. The van der Waals surface area contributed by atoms with Gasteiger partial charge in [-0.1, -0.05) is 0 Å². The van der Waals surface area contributed by atoms with E-state index in [0.29, 0.717) is 0 Å². The molecule has 0 bridgehead atoms. The second kappa shape index (κ2) is 48.2. The summed E-state index contributed by atoms with van der Waals surface area (Å²) in [6, 6.07) is -11.2. The molecule has 0 amide bonds. The Bertz CT molecular complexity index is 3290. The number of ether oxygens (including phenoxy) is 16. The quantitative estimate of drug-likeness (QED) is 0.0427. The van der Waals surface area contributed by atoms with Gasteiger partial charge in [-0.25, -0.2) is 0 Å². The lowest BCUT2D eigenvalue weighted by Crippen LogP contribution is -2.69. The van der Waals surface area contributed by atoms with Crippen LogP contribution in [-0.4, -0.2) is 553 Å². The largest absolute Gasteiger partial charge is 0.394 e. The first-order valence-corrected chi connectivity index (χ1v) is 44.7. The van der Waals surface area contributed by atoms with E-state index >= 15 is 0 Å². The second-order valence-electron chi connectivity index (χ2n) is 38.2. The molecule has 56 nitrogen and oxygen atoms in total. The van der Waals surface area contributed by atoms with Gasteiger partial charge in [0.2, 0.25) is 0 Å². The van der Waals surface area contributed by atoms with Gasteiger partial charge in [0.05, 0.1) is 76.0 Å². The zero-order chi connectivity index (χ0) is 100. The maximum atomic E-state index is 11.0. The highest BCUT2D eigenvalue weighted by Crippen LogP contribution is 2.40. The lowest BCUT2D eigenvalue weighted by molar-refractivity contribution is -0.337. The molecule has 0 aromatic rings. The Labute approximate surface area is 772 Å². The van der Waals surface area contributed by atoms with Crippen molar-refractivity contribution in [2.24, 2.45) is 57.3 Å². The zero-order valence-electron chi connectivity index (χ0n) is 76.2. The van der Waals surface area contributed by atoms with Crippen LogP contribution in [0, 0.1) is 0 Å². The van der Waals surface area contributed by atoms with Crippen molar-refractivity contribution >= 4 is 0 Å². The minimum Gasteiger partial charge on any atom is -0.394 e. The molecule has 50 N–H and O–H groups in total. The third kappa shape index (κ3) is 25.6. The SMILES string of the molecule is CNC1C(O)C(OC2C(N)CC(N)C(OC3OC(C(C)N)C(O)C(O)C3O)C2O)OCC1(C)O.CNC1C(O)C(OC2C(N)CC(N)C(OC3OC(C(C)O)C(O)C(O)C3O)C2O)OCC1(C)O.CNC1C(O)C(OC2C(N)CC(N)C(OC3OC(CO)C(O)C(O)C3N)C2O)OCC1(C)O.CNC1C(O)C(OC2C(N)CC(N)C(OC3OC(CO)C(O)C(O)C3O)C2O)OCC1(C)O. The predicted molar refractivity (Wildman–Crippen MR) is 450 cm³/mol. The summed E-state index contributed by atoms with van der Waals surface area (Å²) in [5, 5.41) is 280. The fourth-order valence-electron chi connectivity index (χ4n) is 19.3. The fourth-order valence-corrected chi connectivity index (χ4v) is 19.3. The minimum atomic E-state index is -1.69. The van der Waals surface area contributed by atoms with Gasteiger partial charge in [0, 0.05) is 54.4 Å². The Morgan fingerprint density at radius 3 is 0.731 bits per heavy atom. The molecule has 0 spiro atoms. The summed E-state index contributed by atoms with van der Waals surface area (Å²) in [7, 11) is 6.28. The summed E-state index contributed by atoms with van der Waals surface area (Å²) in [4.78, 5) is 0. The average molecular weight is 1960 g/mol. The molecule has 8 aliphatic heterocycles. The van der Waals surface area contributed by atoms with Gasteiger partial charge in [-0.15, -0.1) is 0 Å². The van der Waals surface area contributed by atoms with E-state index in [9.17, 15) is 133 Å². The Hall–Kier alpha value is -2.24. The van der Waals surface area contributed by atoms with E-state index in [2.05, 4.69) is 21.3 Å². The van der Waals surface area contributed by atoms with Crippen LogP contribution in [0.15, 0.2) is 0 Å². The first-order valence-electron chi connectivity index (χ1n) is 44.7. The summed E-state index contributed by atoms with van der Waals surface area (Å²) in [6.45, 7) is 7.10. The first-order chi connectivity index (χ1) is 62.4. The van der Waals surface area contributed by atoms with Gasteiger partial charge >= 0.3 is 0 Å². The van der Waals surface area contributed by atoms with Crippen LogP contribution < -0.4 is 78.6 Å². The predicted octanol–water partition coefficient (Wildman–Crippen LogP) is -23.2. The Balaban J connectivity index is 0.000000201. The van der Waals surface area contributed by atoms with Crippen LogP contribution >= 0.6 is 0 Å². The summed E-state index contributed by atoms with van der Waals surface area (Å²) in [6.07, 6.45) is -53.2. The second-order valence-corrected chi connectivity index (χ2v) is 38.2. The maximum absolute atomic E-state index is 11.0. The number of nitrogens with one attached hydrogen (secondary N) is 4. The third-order valence-electron chi connectivity index (χ3n) is 27.1. The molecule has 12 fully saturated rings. The van der Waals surface area contributed by atoms with Gasteiger partial charge < -0.3 is 287 Å². The van der Waals surface area contributed by atoms with Crippen LogP contribution in [0.5, 0.6) is 0 Å². The number of nitrogens with two attached hydrogens (primary N) is 10. The van der Waals surface area contributed by atoms with Gasteiger partial charge in [0.15, 0.2) is 50.3 Å². The van der Waals surface area contributed by atoms with Crippen LogP contribution in [0.3, 0.4) is 0 Å². The molecule has 12 aliphatic rings. The van der Waals surface area contributed by atoms with E-state index in [0.717, 1.165) is 0 Å². The fraction of sp³-hybridized carbons (Fsp3) is 1.00. The van der Waals surface area contributed by atoms with Crippen LogP contribution in [0.1, 0.15) is 67.2 Å². The highest BCUT2D eigenvalue weighted by Gasteiger charge is 2.60. The van der Waals surface area contributed by atoms with Crippen molar-refractivity contribution in [1.82, 2.24) is 21.3 Å². The van der Waals surface area contributed by atoms with E-state index < -0.39 is 366 Å². The molecule has 4 aliphatic carbocycles. The molecule has 0 aromatic carbocycles. The number of rotatable bonds is 24. The Morgan fingerprint density at radius 2 is 0.493 bits per heavy atom. The number of aliphatic hydroxyl groups excluding tert-OH is 22. The molecule has 8 saturated heterocycles. The Morgan fingerprint density at radius 1 is 0.284 bits per heavy atom. The number of hydrogen-bond acceptors (Lipinski definition) is 56. The smallest absolute Gasteiger partial charge is 0.187 e. The lowest BCUT2D eigenvalue weighted by atomic mass is 9.84. The van der Waals surface area contributed by atoms with Crippen LogP contribution in [-0.2, 0) is 75.8 Å². The molecule has 134 heavy (non-hydrogen) atoms.